The molecule has 8 heteroatoms. The molecule has 3 heterocycles. The van der Waals surface area contributed by atoms with E-state index in [9.17, 15) is 4.79 Å². The first-order valence-electron chi connectivity index (χ1n) is 9.72. The fraction of sp³-hybridized carbons (Fsp3) is 0.722. The number of amides is 1. The summed E-state index contributed by atoms with van der Waals surface area (Å²) in [6.45, 7) is 7.44. The van der Waals surface area contributed by atoms with E-state index >= 15 is 0 Å². The van der Waals surface area contributed by atoms with Gasteiger partial charge >= 0.3 is 0 Å². The molecule has 1 aliphatic carbocycles. The lowest BCUT2D eigenvalue weighted by atomic mass is 10.2. The van der Waals surface area contributed by atoms with Crippen LogP contribution in [0, 0.1) is 0 Å². The quantitative estimate of drug-likeness (QED) is 0.761. The van der Waals surface area contributed by atoms with E-state index in [1.807, 2.05) is 0 Å². The van der Waals surface area contributed by atoms with Crippen LogP contribution in [-0.2, 0) is 16.0 Å². The van der Waals surface area contributed by atoms with Crippen LogP contribution in [0.25, 0.3) is 0 Å². The van der Waals surface area contributed by atoms with Crippen LogP contribution in [0.3, 0.4) is 0 Å². The summed E-state index contributed by atoms with van der Waals surface area (Å²) in [5, 5.41) is 6.43. The highest BCUT2D eigenvalue weighted by Gasteiger charge is 2.31. The van der Waals surface area contributed by atoms with Gasteiger partial charge in [0.05, 0.1) is 13.2 Å². The fourth-order valence-electron chi connectivity index (χ4n) is 3.38. The lowest BCUT2D eigenvalue weighted by Gasteiger charge is -2.35. The lowest BCUT2D eigenvalue weighted by Crippen LogP contribution is -2.57. The Hall–Kier alpha value is -1.93. The van der Waals surface area contributed by atoms with Crippen molar-refractivity contribution in [1.29, 1.82) is 0 Å². The van der Waals surface area contributed by atoms with Crippen LogP contribution in [0.1, 0.15) is 25.5 Å². The molecule has 2 saturated heterocycles. The third kappa shape index (κ3) is 4.07. The molecule has 3 aliphatic rings. The molecule has 1 amide bonds. The SMILES string of the molecule is CCc1cc(N2CCNC(C(=O)NC3CC3)C2)nc(N2CCOCC2)n1. The summed E-state index contributed by atoms with van der Waals surface area (Å²) in [5.41, 5.74) is 1.04. The van der Waals surface area contributed by atoms with E-state index in [1.54, 1.807) is 0 Å². The number of anilines is 2. The normalized spacial score (nSPS) is 23.8. The number of hydrogen-bond donors (Lipinski definition) is 2. The van der Waals surface area contributed by atoms with Crippen molar-refractivity contribution in [3.05, 3.63) is 11.8 Å². The van der Waals surface area contributed by atoms with E-state index in [1.165, 1.54) is 0 Å². The molecular weight excluding hydrogens is 332 g/mol. The molecule has 2 N–H and O–H groups in total. The standard InChI is InChI=1S/C18H28N6O2/c1-2-13-11-16(22-18(21-13)23-7-9-26-10-8-23)24-6-5-19-15(12-24)17(25)20-14-3-4-14/h11,14-15,19H,2-10,12H2,1H3,(H,20,25). The Labute approximate surface area is 154 Å². The van der Waals surface area contributed by atoms with Crippen LogP contribution in [0.15, 0.2) is 6.07 Å². The summed E-state index contributed by atoms with van der Waals surface area (Å²) < 4.78 is 5.44. The van der Waals surface area contributed by atoms with Crippen LogP contribution in [0.4, 0.5) is 11.8 Å². The first-order valence-corrected chi connectivity index (χ1v) is 9.72. The fourth-order valence-corrected chi connectivity index (χ4v) is 3.38. The molecule has 1 aromatic rings. The molecule has 4 rings (SSSR count). The monoisotopic (exact) mass is 360 g/mol. The molecule has 1 saturated carbocycles. The predicted octanol–water partition coefficient (Wildman–Crippen LogP) is -0.0676. The van der Waals surface area contributed by atoms with Crippen molar-refractivity contribution in [3.63, 3.8) is 0 Å². The zero-order valence-corrected chi connectivity index (χ0v) is 15.4. The molecule has 3 fully saturated rings. The molecule has 0 bridgehead atoms. The van der Waals surface area contributed by atoms with Gasteiger partial charge < -0.3 is 25.2 Å². The highest BCUT2D eigenvalue weighted by Crippen LogP contribution is 2.21. The van der Waals surface area contributed by atoms with Crippen molar-refractivity contribution < 1.29 is 9.53 Å². The van der Waals surface area contributed by atoms with Gasteiger partial charge in [-0.1, -0.05) is 6.92 Å². The average Bonchev–Trinajstić information content (AvgIpc) is 3.52. The van der Waals surface area contributed by atoms with E-state index < -0.39 is 0 Å². The zero-order chi connectivity index (χ0) is 17.9. The minimum absolute atomic E-state index is 0.107. The molecule has 142 valence electrons. The maximum absolute atomic E-state index is 12.4. The van der Waals surface area contributed by atoms with Crippen LogP contribution in [-0.4, -0.2) is 73.9 Å². The molecule has 1 atom stereocenters. The number of rotatable bonds is 5. The minimum Gasteiger partial charge on any atom is -0.378 e. The average molecular weight is 360 g/mol. The van der Waals surface area contributed by atoms with E-state index in [-0.39, 0.29) is 11.9 Å². The van der Waals surface area contributed by atoms with Gasteiger partial charge in [-0.3, -0.25) is 4.79 Å². The van der Waals surface area contributed by atoms with E-state index in [0.717, 1.165) is 62.9 Å². The van der Waals surface area contributed by atoms with Gasteiger partial charge in [0.1, 0.15) is 11.9 Å². The number of hydrogen-bond acceptors (Lipinski definition) is 7. The van der Waals surface area contributed by atoms with Gasteiger partial charge in [0, 0.05) is 50.5 Å². The van der Waals surface area contributed by atoms with Gasteiger partial charge in [0.25, 0.3) is 0 Å². The topological polar surface area (TPSA) is 82.6 Å². The summed E-state index contributed by atoms with van der Waals surface area (Å²) in [6.07, 6.45) is 3.08. The van der Waals surface area contributed by atoms with Crippen molar-refractivity contribution in [2.24, 2.45) is 0 Å². The van der Waals surface area contributed by atoms with Crippen molar-refractivity contribution in [2.75, 3.05) is 55.7 Å². The molecule has 0 radical (unpaired) electrons. The van der Waals surface area contributed by atoms with Gasteiger partial charge in [-0.25, -0.2) is 4.98 Å². The molecule has 8 nitrogen and oxygen atoms in total. The van der Waals surface area contributed by atoms with Gasteiger partial charge in [-0.15, -0.1) is 0 Å². The largest absolute Gasteiger partial charge is 0.378 e. The summed E-state index contributed by atoms with van der Waals surface area (Å²) in [5.74, 6) is 1.81. The van der Waals surface area contributed by atoms with Crippen LogP contribution in [0.5, 0.6) is 0 Å². The molecule has 1 aromatic heterocycles. The number of nitrogens with zero attached hydrogens (tertiary/aromatic N) is 4. The van der Waals surface area contributed by atoms with Crippen molar-refractivity contribution in [3.8, 4) is 0 Å². The predicted molar refractivity (Wildman–Crippen MR) is 99.6 cm³/mol. The Morgan fingerprint density at radius 1 is 1.27 bits per heavy atom. The number of aryl methyl sites for hydroxylation is 1. The molecular formula is C18H28N6O2. The maximum atomic E-state index is 12.4. The Morgan fingerprint density at radius 2 is 2.08 bits per heavy atom. The van der Waals surface area contributed by atoms with Crippen molar-refractivity contribution in [2.45, 2.75) is 38.3 Å². The minimum atomic E-state index is -0.184. The van der Waals surface area contributed by atoms with Crippen LogP contribution >= 0.6 is 0 Å². The molecule has 0 aromatic carbocycles. The number of piperazine rings is 1. The molecule has 1 unspecified atom stereocenters. The zero-order valence-electron chi connectivity index (χ0n) is 15.4. The third-order valence-corrected chi connectivity index (χ3v) is 5.15. The number of aromatic nitrogens is 2. The van der Waals surface area contributed by atoms with E-state index in [0.29, 0.717) is 25.8 Å². The van der Waals surface area contributed by atoms with E-state index in [2.05, 4.69) is 33.4 Å². The Morgan fingerprint density at radius 3 is 2.81 bits per heavy atom. The summed E-state index contributed by atoms with van der Waals surface area (Å²) >= 11 is 0. The second kappa shape index (κ2) is 7.75. The van der Waals surface area contributed by atoms with Crippen LogP contribution in [0.2, 0.25) is 0 Å². The second-order valence-corrected chi connectivity index (χ2v) is 7.21. The number of nitrogens with one attached hydrogen (secondary N) is 2. The number of carbonyl (C=O) groups is 1. The van der Waals surface area contributed by atoms with E-state index in [4.69, 9.17) is 14.7 Å². The Balaban J connectivity index is 1.50. The van der Waals surface area contributed by atoms with Crippen LogP contribution < -0.4 is 20.4 Å². The summed E-state index contributed by atoms with van der Waals surface area (Å²) in [7, 11) is 0. The van der Waals surface area contributed by atoms with Gasteiger partial charge in [-0.2, -0.15) is 4.98 Å². The van der Waals surface area contributed by atoms with Crippen molar-refractivity contribution in [1.82, 2.24) is 20.6 Å². The van der Waals surface area contributed by atoms with Crippen molar-refractivity contribution >= 4 is 17.7 Å². The van der Waals surface area contributed by atoms with Gasteiger partial charge in [-0.05, 0) is 19.3 Å². The maximum Gasteiger partial charge on any atom is 0.239 e. The lowest BCUT2D eigenvalue weighted by molar-refractivity contribution is -0.123. The smallest absolute Gasteiger partial charge is 0.239 e. The Kier molecular flexibility index (Phi) is 5.21. The first kappa shape index (κ1) is 17.5. The number of carbonyl (C=O) groups excluding carboxylic acids is 1. The van der Waals surface area contributed by atoms with Gasteiger partial charge in [0.2, 0.25) is 11.9 Å². The summed E-state index contributed by atoms with van der Waals surface area (Å²) in [6, 6.07) is 2.26. The summed E-state index contributed by atoms with van der Waals surface area (Å²) in [4.78, 5) is 26.3. The number of morpholine rings is 1. The molecule has 2 aliphatic heterocycles. The molecule has 26 heavy (non-hydrogen) atoms. The third-order valence-electron chi connectivity index (χ3n) is 5.15. The highest BCUT2D eigenvalue weighted by atomic mass is 16.5. The first-order chi connectivity index (χ1) is 12.7. The highest BCUT2D eigenvalue weighted by molar-refractivity contribution is 5.83. The number of ether oxygens (including phenoxy) is 1. The Bertz CT molecular complexity index is 645. The second-order valence-electron chi connectivity index (χ2n) is 7.21. The molecule has 0 spiro atoms. The van der Waals surface area contributed by atoms with Gasteiger partial charge in [0.15, 0.2) is 0 Å².